The molecule has 1 aliphatic heterocycles. The van der Waals surface area contributed by atoms with E-state index in [0.717, 1.165) is 12.8 Å². The number of fused-ring (bicyclic) bond motifs is 1. The van der Waals surface area contributed by atoms with Crippen molar-refractivity contribution in [1.82, 2.24) is 0 Å². The lowest BCUT2D eigenvalue weighted by Gasteiger charge is -2.59. The third-order valence-corrected chi connectivity index (χ3v) is 9.55. The van der Waals surface area contributed by atoms with Crippen molar-refractivity contribution < 1.29 is 9.84 Å². The van der Waals surface area contributed by atoms with E-state index in [1.165, 1.54) is 0 Å². The van der Waals surface area contributed by atoms with Crippen LogP contribution in [0.1, 0.15) is 40.5 Å². The Hall–Kier alpha value is 0.910. The van der Waals surface area contributed by atoms with Gasteiger partial charge in [0.1, 0.15) is 4.51 Å². The fourth-order valence-electron chi connectivity index (χ4n) is 4.58. The van der Waals surface area contributed by atoms with Gasteiger partial charge < -0.3 is 9.84 Å². The molecule has 0 aromatic rings. The molecule has 0 amide bonds. The Kier molecular flexibility index (Phi) is 3.20. The van der Waals surface area contributed by atoms with Crippen LogP contribution in [0.2, 0.25) is 0 Å². The zero-order valence-electron chi connectivity index (χ0n) is 12.2. The van der Waals surface area contributed by atoms with E-state index in [0.29, 0.717) is 0 Å². The second-order valence-electron chi connectivity index (χ2n) is 7.48. The number of aliphatic hydroxyl groups is 1. The fraction of sp³-hybridized carbons (Fsp3) is 0.867. The van der Waals surface area contributed by atoms with Crippen molar-refractivity contribution in [2.24, 2.45) is 10.8 Å². The molecule has 1 N–H and O–H groups in total. The maximum atomic E-state index is 11.1. The van der Waals surface area contributed by atoms with Crippen LogP contribution < -0.4 is 0 Å². The van der Waals surface area contributed by atoms with E-state index in [4.69, 9.17) is 16.3 Å². The maximum Gasteiger partial charge on any atom is 0.147 e. The smallest absolute Gasteiger partial charge is 0.147 e. The van der Waals surface area contributed by atoms with E-state index in [-0.39, 0.29) is 26.6 Å². The summed E-state index contributed by atoms with van der Waals surface area (Å²) in [5, 5.41) is 11.1. The Labute approximate surface area is 142 Å². The molecule has 0 aromatic carbocycles. The van der Waals surface area contributed by atoms with Crippen LogP contribution in [0.15, 0.2) is 12.2 Å². The topological polar surface area (TPSA) is 29.5 Å². The molecule has 2 fully saturated rings. The van der Waals surface area contributed by atoms with Gasteiger partial charge in [0.2, 0.25) is 0 Å². The molecule has 1 saturated heterocycles. The lowest BCUT2D eigenvalue weighted by Crippen LogP contribution is -2.65. The molecule has 0 radical (unpaired) electrons. The summed E-state index contributed by atoms with van der Waals surface area (Å²) in [6, 6.07) is 0. The summed E-state index contributed by atoms with van der Waals surface area (Å²) in [5.41, 5.74) is -1.50. The predicted octanol–water partition coefficient (Wildman–Crippen LogP) is 4.36. The first-order chi connectivity index (χ1) is 8.90. The normalized spacial score (nSPS) is 60.4. The van der Waals surface area contributed by atoms with Gasteiger partial charge in [-0.3, -0.25) is 0 Å². The van der Waals surface area contributed by atoms with Gasteiger partial charge in [-0.05, 0) is 48.7 Å². The Morgan fingerprint density at radius 3 is 2.40 bits per heavy atom. The predicted molar refractivity (Wildman–Crippen MR) is 88.7 cm³/mol. The summed E-state index contributed by atoms with van der Waals surface area (Å²) in [5.74, 6) is 0. The van der Waals surface area contributed by atoms with Crippen LogP contribution in [0.4, 0.5) is 0 Å². The highest BCUT2D eigenvalue weighted by Gasteiger charge is 2.76. The van der Waals surface area contributed by atoms with Crippen molar-refractivity contribution in [3.05, 3.63) is 12.2 Å². The van der Waals surface area contributed by atoms with Gasteiger partial charge in [-0.15, -0.1) is 11.6 Å². The van der Waals surface area contributed by atoms with Crippen LogP contribution in [-0.2, 0) is 4.74 Å². The molecule has 6 atom stereocenters. The average molecular weight is 429 g/mol. The van der Waals surface area contributed by atoms with Crippen LogP contribution >= 0.6 is 43.5 Å². The van der Waals surface area contributed by atoms with E-state index in [1.807, 2.05) is 26.0 Å². The highest BCUT2D eigenvalue weighted by atomic mass is 79.9. The molecular weight excluding hydrogens is 407 g/mol. The number of halogens is 3. The number of ether oxygens (including phenoxy) is 1. The molecule has 1 saturated carbocycles. The highest BCUT2D eigenvalue weighted by molar-refractivity contribution is 9.10. The van der Waals surface area contributed by atoms with Crippen molar-refractivity contribution in [3.63, 3.8) is 0 Å². The Morgan fingerprint density at radius 1 is 1.20 bits per heavy atom. The highest BCUT2D eigenvalue weighted by Crippen LogP contribution is 2.73. The van der Waals surface area contributed by atoms with Gasteiger partial charge in [0, 0.05) is 15.7 Å². The molecule has 2 nitrogen and oxygen atoms in total. The van der Waals surface area contributed by atoms with Gasteiger partial charge in [0.15, 0.2) is 0 Å². The summed E-state index contributed by atoms with van der Waals surface area (Å²) >= 11 is 14.2. The van der Waals surface area contributed by atoms with Gasteiger partial charge in [0.05, 0.1) is 16.6 Å². The molecule has 2 bridgehead atoms. The monoisotopic (exact) mass is 426 g/mol. The van der Waals surface area contributed by atoms with E-state index >= 15 is 0 Å². The van der Waals surface area contributed by atoms with Gasteiger partial charge in [0.25, 0.3) is 0 Å². The zero-order chi connectivity index (χ0) is 15.2. The first-order valence-electron chi connectivity index (χ1n) is 7.02. The number of rotatable bonds is 0. The standard InChI is InChI=1S/C15H21Br2ClO2/c1-11(2)14-7-9(16)12(3,18)8-10(14)20-15(11,17)6-5-13(14,4)19/h5-6,9-10,19H,7-8H2,1-4H3/t9-,10+,12-,13-,14+,15+/m1/s1. The molecule has 0 aromatic heterocycles. The average Bonchev–Trinajstić information content (AvgIpc) is 2.37. The summed E-state index contributed by atoms with van der Waals surface area (Å²) in [6.07, 6.45) is 5.29. The van der Waals surface area contributed by atoms with Gasteiger partial charge >= 0.3 is 0 Å². The van der Waals surface area contributed by atoms with Crippen LogP contribution in [0.25, 0.3) is 0 Å². The number of hydrogen-bond donors (Lipinski definition) is 1. The van der Waals surface area contributed by atoms with Gasteiger partial charge in [-0.2, -0.15) is 0 Å². The van der Waals surface area contributed by atoms with Gasteiger partial charge in [-0.25, -0.2) is 0 Å². The van der Waals surface area contributed by atoms with Crippen molar-refractivity contribution in [1.29, 1.82) is 0 Å². The maximum absolute atomic E-state index is 11.1. The molecule has 5 heteroatoms. The number of alkyl halides is 3. The minimum atomic E-state index is -0.908. The summed E-state index contributed by atoms with van der Waals surface area (Å²) in [7, 11) is 0. The Morgan fingerprint density at radius 2 is 1.80 bits per heavy atom. The largest absolute Gasteiger partial charge is 0.385 e. The second-order valence-corrected chi connectivity index (χ2v) is 10.6. The Balaban J connectivity index is 2.21. The lowest BCUT2D eigenvalue weighted by molar-refractivity contribution is -0.132. The molecule has 3 aliphatic rings. The fourth-order valence-corrected chi connectivity index (χ4v) is 6.21. The molecule has 3 rings (SSSR count). The first kappa shape index (κ1) is 15.8. The first-order valence-corrected chi connectivity index (χ1v) is 9.11. The van der Waals surface area contributed by atoms with E-state index in [9.17, 15) is 5.11 Å². The minimum absolute atomic E-state index is 0.0711. The lowest BCUT2D eigenvalue weighted by atomic mass is 9.47. The molecule has 114 valence electrons. The minimum Gasteiger partial charge on any atom is -0.385 e. The molecule has 1 heterocycles. The molecule has 20 heavy (non-hydrogen) atoms. The Bertz CT molecular complexity index is 488. The van der Waals surface area contributed by atoms with Crippen LogP contribution in [-0.4, -0.2) is 31.0 Å². The molecule has 1 spiro atoms. The van der Waals surface area contributed by atoms with Crippen molar-refractivity contribution in [3.8, 4) is 0 Å². The van der Waals surface area contributed by atoms with Crippen LogP contribution in [0.5, 0.6) is 0 Å². The number of hydrogen-bond acceptors (Lipinski definition) is 2. The van der Waals surface area contributed by atoms with E-state index in [1.54, 1.807) is 0 Å². The van der Waals surface area contributed by atoms with Gasteiger partial charge in [-0.1, -0.05) is 35.9 Å². The molecule has 0 unspecified atom stereocenters. The second kappa shape index (κ2) is 4.05. The van der Waals surface area contributed by atoms with Crippen LogP contribution in [0.3, 0.4) is 0 Å². The molecule has 2 aliphatic carbocycles. The third kappa shape index (κ3) is 1.58. The zero-order valence-corrected chi connectivity index (χ0v) is 16.1. The van der Waals surface area contributed by atoms with Crippen molar-refractivity contribution >= 4 is 43.5 Å². The summed E-state index contributed by atoms with van der Waals surface area (Å²) in [4.78, 5) is -0.216. The SMILES string of the molecule is CC1(C)[C@]23C[C@@H](Br)[C@](C)(Cl)C[C@@H]2O[C@@]1(Br)C=C[C@@]3(C)O. The van der Waals surface area contributed by atoms with E-state index < -0.39 is 10.1 Å². The third-order valence-electron chi connectivity index (χ3n) is 6.10. The molecular formula is C15H21Br2ClO2. The van der Waals surface area contributed by atoms with Crippen molar-refractivity contribution in [2.45, 2.75) is 66.5 Å². The van der Waals surface area contributed by atoms with E-state index in [2.05, 4.69) is 45.7 Å². The van der Waals surface area contributed by atoms with Crippen LogP contribution in [0, 0.1) is 10.8 Å². The summed E-state index contributed by atoms with van der Waals surface area (Å²) < 4.78 is 5.84. The van der Waals surface area contributed by atoms with Crippen molar-refractivity contribution in [2.75, 3.05) is 0 Å². The quantitative estimate of drug-likeness (QED) is 0.459. The summed E-state index contributed by atoms with van der Waals surface area (Å²) in [6.45, 7) is 8.30.